The molecule has 0 atom stereocenters. The lowest BCUT2D eigenvalue weighted by Crippen LogP contribution is -2.39. The summed E-state index contributed by atoms with van der Waals surface area (Å²) >= 11 is 0. The van der Waals surface area contributed by atoms with Gasteiger partial charge in [0.15, 0.2) is 11.5 Å². The molecule has 126 valence electrons. The van der Waals surface area contributed by atoms with Crippen molar-refractivity contribution in [3.8, 4) is 28.4 Å². The summed E-state index contributed by atoms with van der Waals surface area (Å²) in [5, 5.41) is 10.4. The molecule has 0 heterocycles. The van der Waals surface area contributed by atoms with Gasteiger partial charge in [-0.25, -0.2) is 0 Å². The smallest absolute Gasteiger partial charge is 0.214 e. The minimum absolute atomic E-state index is 0.0829. The Bertz CT molecular complexity index is 740. The Balaban J connectivity index is 2.11. The van der Waals surface area contributed by atoms with Crippen molar-refractivity contribution in [2.75, 3.05) is 19.1 Å². The van der Waals surface area contributed by atoms with Gasteiger partial charge < -0.3 is 19.5 Å². The predicted molar refractivity (Wildman–Crippen MR) is 92.8 cm³/mol. The van der Waals surface area contributed by atoms with Crippen LogP contribution in [0.15, 0.2) is 36.4 Å². The number of hydrogen-bond acceptors (Lipinski definition) is 4. The molecule has 0 aromatic heterocycles. The summed E-state index contributed by atoms with van der Waals surface area (Å²) in [6, 6.07) is 11.1. The number of para-hydroxylation sites is 1. The van der Waals surface area contributed by atoms with Gasteiger partial charge in [-0.15, -0.1) is 0 Å². The van der Waals surface area contributed by atoms with E-state index in [0.717, 1.165) is 36.9 Å². The third-order valence-electron chi connectivity index (χ3n) is 4.56. The van der Waals surface area contributed by atoms with Crippen molar-refractivity contribution in [3.63, 3.8) is 0 Å². The molecule has 1 aliphatic carbocycles. The van der Waals surface area contributed by atoms with Gasteiger partial charge in [-0.1, -0.05) is 18.2 Å². The van der Waals surface area contributed by atoms with E-state index < -0.39 is 0 Å². The van der Waals surface area contributed by atoms with Gasteiger partial charge in [0, 0.05) is 23.2 Å². The number of methoxy groups -OCH3 is 2. The summed E-state index contributed by atoms with van der Waals surface area (Å²) in [4.78, 5) is 13.4. The zero-order valence-electron chi connectivity index (χ0n) is 13.9. The van der Waals surface area contributed by atoms with E-state index in [2.05, 4.69) is 0 Å². The molecular formula is C19H21NO4. The molecule has 5 heteroatoms. The van der Waals surface area contributed by atoms with Gasteiger partial charge in [-0.2, -0.15) is 0 Å². The number of nitrogens with zero attached hydrogens (tertiary/aromatic N) is 1. The summed E-state index contributed by atoms with van der Waals surface area (Å²) in [7, 11) is 3.08. The molecule has 1 aliphatic rings. The standard InChI is InChI=1S/C19H21NO4/c1-23-18-10-15(17(22)11-19(18)24-2)14-8-3-4-9-16(14)20(12-21)13-6-5-7-13/h3-4,8-13,22H,5-7H2,1-2H3. The summed E-state index contributed by atoms with van der Waals surface area (Å²) in [6.45, 7) is 0. The number of carbonyl (C=O) groups excluding carboxylic acids is 1. The minimum Gasteiger partial charge on any atom is -0.507 e. The lowest BCUT2D eigenvalue weighted by molar-refractivity contribution is -0.108. The molecule has 0 aliphatic heterocycles. The SMILES string of the molecule is COc1cc(O)c(-c2ccccc2N(C=O)C2CCC2)cc1OC. The molecule has 1 N–H and O–H groups in total. The van der Waals surface area contributed by atoms with Gasteiger partial charge in [-0.05, 0) is 31.4 Å². The maximum absolute atomic E-state index is 11.7. The lowest BCUT2D eigenvalue weighted by Gasteiger charge is -2.36. The first-order chi connectivity index (χ1) is 11.7. The molecule has 0 spiro atoms. The number of benzene rings is 2. The second-order valence-corrected chi connectivity index (χ2v) is 5.84. The number of amides is 1. The van der Waals surface area contributed by atoms with E-state index in [0.29, 0.717) is 17.1 Å². The number of rotatable bonds is 6. The van der Waals surface area contributed by atoms with Crippen LogP contribution >= 0.6 is 0 Å². The second kappa shape index (κ2) is 6.83. The largest absolute Gasteiger partial charge is 0.507 e. The molecule has 0 saturated heterocycles. The summed E-state index contributed by atoms with van der Waals surface area (Å²) in [5.41, 5.74) is 2.18. The lowest BCUT2D eigenvalue weighted by atomic mass is 9.90. The number of phenolic OH excluding ortho intramolecular Hbond substituents is 1. The van der Waals surface area contributed by atoms with Gasteiger partial charge in [0.05, 0.1) is 19.9 Å². The Labute approximate surface area is 141 Å². The van der Waals surface area contributed by atoms with Crippen LogP contribution < -0.4 is 14.4 Å². The zero-order valence-corrected chi connectivity index (χ0v) is 13.9. The van der Waals surface area contributed by atoms with E-state index in [9.17, 15) is 9.90 Å². The number of ether oxygens (including phenoxy) is 2. The van der Waals surface area contributed by atoms with Crippen LogP contribution in [0.5, 0.6) is 17.2 Å². The van der Waals surface area contributed by atoms with Crippen LogP contribution in [-0.4, -0.2) is 31.8 Å². The van der Waals surface area contributed by atoms with Crippen LogP contribution in [0, 0.1) is 0 Å². The normalized spacial score (nSPS) is 13.9. The van der Waals surface area contributed by atoms with E-state index in [4.69, 9.17) is 9.47 Å². The summed E-state index contributed by atoms with van der Waals surface area (Å²) < 4.78 is 10.6. The fourth-order valence-electron chi connectivity index (χ4n) is 3.01. The van der Waals surface area contributed by atoms with Crippen LogP contribution in [0.1, 0.15) is 19.3 Å². The van der Waals surface area contributed by atoms with Crippen molar-refractivity contribution in [2.24, 2.45) is 0 Å². The van der Waals surface area contributed by atoms with Crippen LogP contribution in [-0.2, 0) is 4.79 Å². The van der Waals surface area contributed by atoms with Crippen molar-refractivity contribution < 1.29 is 19.4 Å². The second-order valence-electron chi connectivity index (χ2n) is 5.84. The van der Waals surface area contributed by atoms with Gasteiger partial charge in [0.2, 0.25) is 6.41 Å². The maximum Gasteiger partial charge on any atom is 0.214 e. The average Bonchev–Trinajstić information content (AvgIpc) is 2.57. The van der Waals surface area contributed by atoms with Crippen molar-refractivity contribution in [1.82, 2.24) is 0 Å². The highest BCUT2D eigenvalue weighted by Gasteiger charge is 2.27. The monoisotopic (exact) mass is 327 g/mol. The first-order valence-corrected chi connectivity index (χ1v) is 7.97. The number of anilines is 1. The molecular weight excluding hydrogens is 306 g/mol. The van der Waals surface area contributed by atoms with Crippen LogP contribution in [0.3, 0.4) is 0 Å². The molecule has 3 rings (SSSR count). The zero-order chi connectivity index (χ0) is 17.1. The Kier molecular flexibility index (Phi) is 4.60. The first-order valence-electron chi connectivity index (χ1n) is 7.97. The predicted octanol–water partition coefficient (Wildman–Crippen LogP) is 3.59. The molecule has 1 fully saturated rings. The van der Waals surface area contributed by atoms with E-state index >= 15 is 0 Å². The van der Waals surface area contributed by atoms with Gasteiger partial charge in [0.1, 0.15) is 5.75 Å². The summed E-state index contributed by atoms with van der Waals surface area (Å²) in [6.07, 6.45) is 4.02. The summed E-state index contributed by atoms with van der Waals surface area (Å²) in [5.74, 6) is 1.07. The highest BCUT2D eigenvalue weighted by Crippen LogP contribution is 2.43. The van der Waals surface area contributed by atoms with Crippen molar-refractivity contribution >= 4 is 12.1 Å². The minimum atomic E-state index is 0.0829. The highest BCUT2D eigenvalue weighted by atomic mass is 16.5. The molecule has 2 aromatic rings. The fourth-order valence-corrected chi connectivity index (χ4v) is 3.01. The molecule has 0 radical (unpaired) electrons. The van der Waals surface area contributed by atoms with Crippen molar-refractivity contribution in [2.45, 2.75) is 25.3 Å². The Hall–Kier alpha value is -2.69. The number of carbonyl (C=O) groups is 1. The highest BCUT2D eigenvalue weighted by molar-refractivity contribution is 5.90. The molecule has 0 unspecified atom stereocenters. The maximum atomic E-state index is 11.7. The molecule has 0 bridgehead atoms. The molecule has 24 heavy (non-hydrogen) atoms. The number of aromatic hydroxyl groups is 1. The van der Waals surface area contributed by atoms with E-state index in [1.54, 1.807) is 18.1 Å². The van der Waals surface area contributed by atoms with Crippen molar-refractivity contribution in [1.29, 1.82) is 0 Å². The Morgan fingerprint density at radius 2 is 1.75 bits per heavy atom. The van der Waals surface area contributed by atoms with Gasteiger partial charge in [0.25, 0.3) is 0 Å². The van der Waals surface area contributed by atoms with E-state index in [-0.39, 0.29) is 11.8 Å². The third-order valence-corrected chi connectivity index (χ3v) is 4.56. The van der Waals surface area contributed by atoms with Crippen LogP contribution in [0.4, 0.5) is 5.69 Å². The van der Waals surface area contributed by atoms with Crippen LogP contribution in [0.25, 0.3) is 11.1 Å². The van der Waals surface area contributed by atoms with Gasteiger partial charge in [-0.3, -0.25) is 4.79 Å². The molecule has 2 aromatic carbocycles. The molecule has 1 amide bonds. The molecule has 1 saturated carbocycles. The quantitative estimate of drug-likeness (QED) is 0.824. The van der Waals surface area contributed by atoms with E-state index in [1.165, 1.54) is 13.2 Å². The third kappa shape index (κ3) is 2.77. The first kappa shape index (κ1) is 16.2. The Morgan fingerprint density at radius 3 is 2.33 bits per heavy atom. The number of phenols is 1. The van der Waals surface area contributed by atoms with Gasteiger partial charge >= 0.3 is 0 Å². The fraction of sp³-hybridized carbons (Fsp3) is 0.316. The van der Waals surface area contributed by atoms with Crippen LogP contribution in [0.2, 0.25) is 0 Å². The van der Waals surface area contributed by atoms with E-state index in [1.807, 2.05) is 24.3 Å². The molecule has 5 nitrogen and oxygen atoms in total. The van der Waals surface area contributed by atoms with Crippen molar-refractivity contribution in [3.05, 3.63) is 36.4 Å². The topological polar surface area (TPSA) is 59.0 Å². The Morgan fingerprint density at radius 1 is 1.08 bits per heavy atom. The average molecular weight is 327 g/mol. The number of hydrogen-bond donors (Lipinski definition) is 1.